The number of rotatable bonds is 9. The van der Waals surface area contributed by atoms with Gasteiger partial charge in [-0.1, -0.05) is 48.0 Å². The van der Waals surface area contributed by atoms with Gasteiger partial charge in [0.25, 0.3) is 10.0 Å². The summed E-state index contributed by atoms with van der Waals surface area (Å²) in [5.41, 5.74) is 3.02. The molecule has 1 atom stereocenters. The van der Waals surface area contributed by atoms with E-state index in [1.165, 1.54) is 36.2 Å². The number of benzene rings is 3. The Hall–Kier alpha value is -3.36. The van der Waals surface area contributed by atoms with Gasteiger partial charge in [0.05, 0.1) is 10.6 Å². The molecule has 0 fully saturated rings. The summed E-state index contributed by atoms with van der Waals surface area (Å²) < 4.78 is 28.5. The third-order valence-electron chi connectivity index (χ3n) is 5.99. The second-order valence-corrected chi connectivity index (χ2v) is 10.8. The molecule has 0 saturated heterocycles. The zero-order valence-electron chi connectivity index (χ0n) is 20.7. The van der Waals surface area contributed by atoms with Crippen LogP contribution < -0.4 is 9.62 Å². The standard InChI is InChI=1S/C27H30ClN3O4S/c1-19-8-7-11-24(16-19)31(36(34,35)25-14-12-23(28)13-15-25)18-26(32)30(21(3)27(33)29-4)17-22-10-6-5-9-20(22)2/h5-16,21H,17-18H2,1-4H3,(H,29,33). The number of nitrogens with one attached hydrogen (secondary N) is 1. The molecule has 0 aliphatic heterocycles. The number of anilines is 1. The third kappa shape index (κ3) is 6.25. The van der Waals surface area contributed by atoms with Crippen LogP contribution in [0.3, 0.4) is 0 Å². The highest BCUT2D eigenvalue weighted by molar-refractivity contribution is 7.92. The maximum absolute atomic E-state index is 13.7. The van der Waals surface area contributed by atoms with E-state index in [1.807, 2.05) is 44.2 Å². The molecule has 7 nitrogen and oxygen atoms in total. The summed E-state index contributed by atoms with van der Waals surface area (Å²) in [5.74, 6) is -0.854. The molecule has 9 heteroatoms. The first-order chi connectivity index (χ1) is 17.0. The predicted octanol–water partition coefficient (Wildman–Crippen LogP) is 4.32. The van der Waals surface area contributed by atoms with Gasteiger partial charge in [-0.05, 0) is 73.9 Å². The average Bonchev–Trinajstić information content (AvgIpc) is 2.85. The summed E-state index contributed by atoms with van der Waals surface area (Å²) in [5, 5.41) is 2.98. The van der Waals surface area contributed by atoms with Crippen LogP contribution in [0.15, 0.2) is 77.7 Å². The molecule has 3 aromatic carbocycles. The number of carbonyl (C=O) groups is 2. The van der Waals surface area contributed by atoms with Crippen molar-refractivity contribution in [3.63, 3.8) is 0 Å². The molecular weight excluding hydrogens is 498 g/mol. The molecule has 0 aliphatic carbocycles. The summed E-state index contributed by atoms with van der Waals surface area (Å²) in [6, 6.07) is 19.5. The predicted molar refractivity (Wildman–Crippen MR) is 142 cm³/mol. The van der Waals surface area contributed by atoms with Gasteiger partial charge >= 0.3 is 0 Å². The Morgan fingerprint density at radius 1 is 0.972 bits per heavy atom. The molecule has 190 valence electrons. The first-order valence-corrected chi connectivity index (χ1v) is 13.3. The lowest BCUT2D eigenvalue weighted by atomic mass is 10.1. The summed E-state index contributed by atoms with van der Waals surface area (Å²) in [6.45, 7) is 5.06. The molecule has 3 rings (SSSR count). The van der Waals surface area contributed by atoms with E-state index in [-0.39, 0.29) is 17.3 Å². The molecule has 0 saturated carbocycles. The molecule has 0 aromatic heterocycles. The van der Waals surface area contributed by atoms with Crippen LogP contribution in [0.2, 0.25) is 5.02 Å². The lowest BCUT2D eigenvalue weighted by Gasteiger charge is -2.32. The fraction of sp³-hybridized carbons (Fsp3) is 0.259. The van der Waals surface area contributed by atoms with Gasteiger partial charge in [-0.15, -0.1) is 0 Å². The Morgan fingerprint density at radius 2 is 1.64 bits per heavy atom. The molecule has 0 spiro atoms. The summed E-state index contributed by atoms with van der Waals surface area (Å²) >= 11 is 5.97. The molecule has 0 heterocycles. The van der Waals surface area contributed by atoms with E-state index in [4.69, 9.17) is 11.6 Å². The number of sulfonamides is 1. The zero-order chi connectivity index (χ0) is 26.5. The van der Waals surface area contributed by atoms with Crippen LogP contribution in [-0.2, 0) is 26.2 Å². The van der Waals surface area contributed by atoms with E-state index in [1.54, 1.807) is 25.1 Å². The van der Waals surface area contributed by atoms with Crippen molar-refractivity contribution >= 4 is 39.1 Å². The van der Waals surface area contributed by atoms with E-state index in [0.717, 1.165) is 21.0 Å². The fourth-order valence-electron chi connectivity index (χ4n) is 3.81. The molecule has 0 radical (unpaired) electrons. The highest BCUT2D eigenvalue weighted by atomic mass is 35.5. The molecule has 0 aliphatic rings. The van der Waals surface area contributed by atoms with Gasteiger partial charge in [-0.2, -0.15) is 0 Å². The Kier molecular flexibility index (Phi) is 8.76. The molecule has 1 N–H and O–H groups in total. The Morgan fingerprint density at radius 3 is 2.25 bits per heavy atom. The molecular formula is C27H30ClN3O4S. The topological polar surface area (TPSA) is 86.8 Å². The number of halogens is 1. The minimum atomic E-state index is -4.12. The summed E-state index contributed by atoms with van der Waals surface area (Å²) in [7, 11) is -2.62. The van der Waals surface area contributed by atoms with Crippen molar-refractivity contribution in [2.24, 2.45) is 0 Å². The number of aryl methyl sites for hydroxylation is 2. The van der Waals surface area contributed by atoms with Crippen molar-refractivity contribution in [1.29, 1.82) is 0 Å². The smallest absolute Gasteiger partial charge is 0.264 e. The first-order valence-electron chi connectivity index (χ1n) is 11.4. The lowest BCUT2D eigenvalue weighted by Crippen LogP contribution is -2.50. The average molecular weight is 528 g/mol. The van der Waals surface area contributed by atoms with Crippen LogP contribution in [0.5, 0.6) is 0 Å². The van der Waals surface area contributed by atoms with Gasteiger partial charge in [0, 0.05) is 18.6 Å². The van der Waals surface area contributed by atoms with Crippen molar-refractivity contribution < 1.29 is 18.0 Å². The minimum absolute atomic E-state index is 0.00556. The van der Waals surface area contributed by atoms with Gasteiger partial charge in [-0.3, -0.25) is 13.9 Å². The van der Waals surface area contributed by atoms with Crippen molar-refractivity contribution in [2.75, 3.05) is 17.9 Å². The maximum Gasteiger partial charge on any atom is 0.264 e. The van der Waals surface area contributed by atoms with Crippen LogP contribution in [0.4, 0.5) is 5.69 Å². The monoisotopic (exact) mass is 527 g/mol. The number of likely N-dealkylation sites (N-methyl/N-ethyl adjacent to an activating group) is 1. The van der Waals surface area contributed by atoms with Crippen LogP contribution in [0.25, 0.3) is 0 Å². The van der Waals surface area contributed by atoms with Crippen molar-refractivity contribution in [1.82, 2.24) is 10.2 Å². The number of amides is 2. The summed E-state index contributed by atoms with van der Waals surface area (Å²) in [6.07, 6.45) is 0. The Labute approximate surface area is 217 Å². The van der Waals surface area contributed by atoms with Crippen LogP contribution >= 0.6 is 11.6 Å². The van der Waals surface area contributed by atoms with Gasteiger partial charge in [0.1, 0.15) is 12.6 Å². The minimum Gasteiger partial charge on any atom is -0.357 e. The van der Waals surface area contributed by atoms with Crippen LogP contribution in [-0.4, -0.2) is 44.8 Å². The number of hydrogen-bond acceptors (Lipinski definition) is 4. The van der Waals surface area contributed by atoms with Gasteiger partial charge in [0.2, 0.25) is 11.8 Å². The van der Waals surface area contributed by atoms with Crippen LogP contribution in [0.1, 0.15) is 23.6 Å². The van der Waals surface area contributed by atoms with E-state index >= 15 is 0 Å². The third-order valence-corrected chi connectivity index (χ3v) is 8.03. The molecule has 1 unspecified atom stereocenters. The Balaban J connectivity index is 2.05. The van der Waals surface area contributed by atoms with Crippen molar-refractivity contribution in [3.8, 4) is 0 Å². The molecule has 36 heavy (non-hydrogen) atoms. The largest absolute Gasteiger partial charge is 0.357 e. The van der Waals surface area contributed by atoms with E-state index in [9.17, 15) is 18.0 Å². The number of hydrogen-bond donors (Lipinski definition) is 1. The Bertz CT molecular complexity index is 1340. The van der Waals surface area contributed by atoms with Gasteiger partial charge < -0.3 is 10.2 Å². The van der Waals surface area contributed by atoms with Gasteiger partial charge in [-0.25, -0.2) is 8.42 Å². The second kappa shape index (κ2) is 11.6. The lowest BCUT2D eigenvalue weighted by molar-refractivity contribution is -0.139. The maximum atomic E-state index is 13.7. The number of carbonyl (C=O) groups excluding carboxylic acids is 2. The highest BCUT2D eigenvalue weighted by Crippen LogP contribution is 2.26. The van der Waals surface area contributed by atoms with Gasteiger partial charge in [0.15, 0.2) is 0 Å². The van der Waals surface area contributed by atoms with Crippen molar-refractivity contribution in [3.05, 3.63) is 94.5 Å². The normalized spacial score (nSPS) is 12.0. The molecule has 3 aromatic rings. The first kappa shape index (κ1) is 27.2. The zero-order valence-corrected chi connectivity index (χ0v) is 22.3. The van der Waals surface area contributed by atoms with E-state index in [0.29, 0.717) is 10.7 Å². The SMILES string of the molecule is CNC(=O)C(C)N(Cc1ccccc1C)C(=O)CN(c1cccc(C)c1)S(=O)(=O)c1ccc(Cl)cc1. The van der Waals surface area contributed by atoms with E-state index < -0.39 is 28.5 Å². The summed E-state index contributed by atoms with van der Waals surface area (Å²) in [4.78, 5) is 27.7. The molecule has 2 amide bonds. The number of nitrogens with zero attached hydrogens (tertiary/aromatic N) is 2. The quantitative estimate of drug-likeness (QED) is 0.449. The second-order valence-electron chi connectivity index (χ2n) is 8.54. The van der Waals surface area contributed by atoms with Crippen molar-refractivity contribution in [2.45, 2.75) is 38.3 Å². The highest BCUT2D eigenvalue weighted by Gasteiger charge is 2.32. The molecule has 0 bridgehead atoms. The van der Waals surface area contributed by atoms with E-state index in [2.05, 4.69) is 5.32 Å². The van der Waals surface area contributed by atoms with Crippen LogP contribution in [0, 0.1) is 13.8 Å². The fourth-order valence-corrected chi connectivity index (χ4v) is 5.34.